The van der Waals surface area contributed by atoms with E-state index in [1.54, 1.807) is 0 Å². The lowest BCUT2D eigenvalue weighted by Gasteiger charge is -2.31. The van der Waals surface area contributed by atoms with Crippen LogP contribution < -0.4 is 5.32 Å². The molecule has 0 heterocycles. The first-order chi connectivity index (χ1) is 11.1. The standard InChI is InChI=1S/C19H26N2O2/c1-4-19(23)21(5-2)13-18(22)20-14(3)16-12-8-10-15-9-6-7-11-17(15)16/h4,6-7,9,11,14,16H,1,5,8,10,12-13H2,2-3H3,(H,20,22)/t14-,16?/m1/s1. The van der Waals surface area contributed by atoms with Crippen molar-refractivity contribution in [3.05, 3.63) is 48.0 Å². The van der Waals surface area contributed by atoms with E-state index in [4.69, 9.17) is 0 Å². The van der Waals surface area contributed by atoms with Crippen LogP contribution in [0.5, 0.6) is 0 Å². The summed E-state index contributed by atoms with van der Waals surface area (Å²) in [6.07, 6.45) is 4.60. The van der Waals surface area contributed by atoms with Crippen LogP contribution in [0, 0.1) is 0 Å². The highest BCUT2D eigenvalue weighted by molar-refractivity contribution is 5.90. The number of amides is 2. The Balaban J connectivity index is 1.99. The van der Waals surface area contributed by atoms with Gasteiger partial charge in [-0.1, -0.05) is 30.8 Å². The van der Waals surface area contributed by atoms with E-state index in [0.717, 1.165) is 19.3 Å². The molecule has 23 heavy (non-hydrogen) atoms. The fourth-order valence-corrected chi connectivity index (χ4v) is 3.36. The summed E-state index contributed by atoms with van der Waals surface area (Å²) in [5.74, 6) is 0.0185. The van der Waals surface area contributed by atoms with Gasteiger partial charge in [0.15, 0.2) is 0 Å². The topological polar surface area (TPSA) is 49.4 Å². The average Bonchev–Trinajstić information content (AvgIpc) is 2.58. The molecule has 4 heteroatoms. The zero-order valence-electron chi connectivity index (χ0n) is 14.0. The zero-order valence-corrected chi connectivity index (χ0v) is 14.0. The van der Waals surface area contributed by atoms with Crippen LogP contribution in [0.1, 0.15) is 43.7 Å². The fourth-order valence-electron chi connectivity index (χ4n) is 3.36. The quantitative estimate of drug-likeness (QED) is 0.821. The van der Waals surface area contributed by atoms with Gasteiger partial charge in [0.2, 0.25) is 11.8 Å². The largest absolute Gasteiger partial charge is 0.351 e. The van der Waals surface area contributed by atoms with Gasteiger partial charge in [-0.05, 0) is 50.3 Å². The second-order valence-electron chi connectivity index (χ2n) is 6.11. The minimum absolute atomic E-state index is 0.0569. The molecule has 1 N–H and O–H groups in total. The normalized spacial score (nSPS) is 17.7. The molecule has 1 aliphatic carbocycles. The Morgan fingerprint density at radius 3 is 2.87 bits per heavy atom. The first kappa shape index (κ1) is 17.3. The van der Waals surface area contributed by atoms with Gasteiger partial charge in [0.25, 0.3) is 0 Å². The van der Waals surface area contributed by atoms with E-state index in [1.807, 2.05) is 6.92 Å². The van der Waals surface area contributed by atoms with Gasteiger partial charge in [-0.2, -0.15) is 0 Å². The van der Waals surface area contributed by atoms with E-state index < -0.39 is 0 Å². The van der Waals surface area contributed by atoms with E-state index in [0.29, 0.717) is 12.5 Å². The summed E-state index contributed by atoms with van der Waals surface area (Å²) < 4.78 is 0. The maximum Gasteiger partial charge on any atom is 0.246 e. The summed E-state index contributed by atoms with van der Waals surface area (Å²) in [5.41, 5.74) is 2.74. The van der Waals surface area contributed by atoms with Crippen molar-refractivity contribution in [3.8, 4) is 0 Å². The molecule has 0 bridgehead atoms. The molecule has 0 saturated carbocycles. The minimum Gasteiger partial charge on any atom is -0.351 e. The molecule has 1 aromatic rings. The lowest BCUT2D eigenvalue weighted by atomic mass is 9.79. The highest BCUT2D eigenvalue weighted by atomic mass is 16.2. The molecular formula is C19H26N2O2. The van der Waals surface area contributed by atoms with E-state index in [2.05, 4.69) is 43.1 Å². The lowest BCUT2D eigenvalue weighted by Crippen LogP contribution is -2.45. The maximum absolute atomic E-state index is 12.3. The monoisotopic (exact) mass is 314 g/mol. The molecule has 1 aliphatic rings. The van der Waals surface area contributed by atoms with Crippen LogP contribution >= 0.6 is 0 Å². The SMILES string of the molecule is C=CC(=O)N(CC)CC(=O)N[C@H](C)C1CCCc2ccccc21. The van der Waals surface area contributed by atoms with Gasteiger partial charge in [0.05, 0.1) is 6.54 Å². The van der Waals surface area contributed by atoms with Crippen LogP contribution in [0.25, 0.3) is 0 Å². The van der Waals surface area contributed by atoms with E-state index in [9.17, 15) is 9.59 Å². The van der Waals surface area contributed by atoms with Crippen molar-refractivity contribution in [2.24, 2.45) is 0 Å². The van der Waals surface area contributed by atoms with Crippen LogP contribution in [0.4, 0.5) is 0 Å². The Bertz CT molecular complexity index is 582. The molecule has 0 radical (unpaired) electrons. The van der Waals surface area contributed by atoms with Gasteiger partial charge >= 0.3 is 0 Å². The Morgan fingerprint density at radius 2 is 2.17 bits per heavy atom. The van der Waals surface area contributed by atoms with Crippen molar-refractivity contribution in [1.82, 2.24) is 10.2 Å². The van der Waals surface area contributed by atoms with Gasteiger partial charge in [-0.3, -0.25) is 9.59 Å². The third-order valence-electron chi connectivity index (χ3n) is 4.61. The molecule has 124 valence electrons. The van der Waals surface area contributed by atoms with Crippen LogP contribution in [-0.4, -0.2) is 35.8 Å². The Hall–Kier alpha value is -2.10. The number of nitrogens with zero attached hydrogens (tertiary/aromatic N) is 1. The summed E-state index contributed by atoms with van der Waals surface area (Å²) in [5, 5.41) is 3.07. The number of benzene rings is 1. The highest BCUT2D eigenvalue weighted by Crippen LogP contribution is 2.33. The number of fused-ring (bicyclic) bond motifs is 1. The molecule has 0 aliphatic heterocycles. The first-order valence-electron chi connectivity index (χ1n) is 8.35. The number of likely N-dealkylation sites (N-methyl/N-ethyl adjacent to an activating group) is 1. The predicted octanol–water partition coefficient (Wildman–Crippen LogP) is 2.65. The van der Waals surface area contributed by atoms with Crippen molar-refractivity contribution in [3.63, 3.8) is 0 Å². The summed E-state index contributed by atoms with van der Waals surface area (Å²) in [7, 11) is 0. The van der Waals surface area contributed by atoms with Crippen molar-refractivity contribution in [1.29, 1.82) is 0 Å². The van der Waals surface area contributed by atoms with Crippen molar-refractivity contribution in [2.45, 2.75) is 45.1 Å². The maximum atomic E-state index is 12.3. The van der Waals surface area contributed by atoms with Crippen molar-refractivity contribution < 1.29 is 9.59 Å². The molecule has 0 spiro atoms. The van der Waals surface area contributed by atoms with Crippen molar-refractivity contribution in [2.75, 3.05) is 13.1 Å². The van der Waals surface area contributed by atoms with Crippen LogP contribution in [-0.2, 0) is 16.0 Å². The molecule has 4 nitrogen and oxygen atoms in total. The molecule has 2 atom stereocenters. The highest BCUT2D eigenvalue weighted by Gasteiger charge is 2.26. The number of carbonyl (C=O) groups excluding carboxylic acids is 2. The second-order valence-corrected chi connectivity index (χ2v) is 6.11. The minimum atomic E-state index is -0.210. The van der Waals surface area contributed by atoms with Gasteiger partial charge < -0.3 is 10.2 Å². The third kappa shape index (κ3) is 4.21. The number of nitrogens with one attached hydrogen (secondary N) is 1. The Labute approximate surface area is 138 Å². The van der Waals surface area contributed by atoms with Crippen LogP contribution in [0.15, 0.2) is 36.9 Å². The van der Waals surface area contributed by atoms with Gasteiger partial charge in [-0.15, -0.1) is 0 Å². The second kappa shape index (κ2) is 7.95. The number of rotatable bonds is 6. The van der Waals surface area contributed by atoms with Crippen molar-refractivity contribution >= 4 is 11.8 Å². The van der Waals surface area contributed by atoms with E-state index >= 15 is 0 Å². The molecule has 0 aromatic heterocycles. The molecular weight excluding hydrogens is 288 g/mol. The Morgan fingerprint density at radius 1 is 1.43 bits per heavy atom. The van der Waals surface area contributed by atoms with E-state index in [-0.39, 0.29) is 24.4 Å². The predicted molar refractivity (Wildman–Crippen MR) is 92.2 cm³/mol. The first-order valence-corrected chi connectivity index (χ1v) is 8.35. The average molecular weight is 314 g/mol. The number of hydrogen-bond acceptors (Lipinski definition) is 2. The lowest BCUT2D eigenvalue weighted by molar-refractivity contribution is -0.132. The van der Waals surface area contributed by atoms with Crippen LogP contribution in [0.2, 0.25) is 0 Å². The summed E-state index contributed by atoms with van der Waals surface area (Å²) in [6.45, 7) is 7.96. The fraction of sp³-hybridized carbons (Fsp3) is 0.474. The summed E-state index contributed by atoms with van der Waals surface area (Å²) >= 11 is 0. The number of carbonyl (C=O) groups is 2. The van der Waals surface area contributed by atoms with E-state index in [1.165, 1.54) is 22.1 Å². The Kier molecular flexibility index (Phi) is 5.97. The third-order valence-corrected chi connectivity index (χ3v) is 4.61. The molecule has 0 fully saturated rings. The zero-order chi connectivity index (χ0) is 16.8. The molecule has 1 aromatic carbocycles. The summed E-state index contributed by atoms with van der Waals surface area (Å²) in [6, 6.07) is 8.54. The summed E-state index contributed by atoms with van der Waals surface area (Å²) in [4.78, 5) is 25.4. The molecule has 1 unspecified atom stereocenters. The van der Waals surface area contributed by atoms with Crippen LogP contribution in [0.3, 0.4) is 0 Å². The van der Waals surface area contributed by atoms with Gasteiger partial charge in [0, 0.05) is 18.5 Å². The smallest absolute Gasteiger partial charge is 0.246 e. The number of hydrogen-bond donors (Lipinski definition) is 1. The molecule has 0 saturated heterocycles. The molecule has 2 amide bonds. The molecule has 2 rings (SSSR count). The van der Waals surface area contributed by atoms with Gasteiger partial charge in [0.1, 0.15) is 0 Å². The number of aryl methyl sites for hydroxylation is 1. The van der Waals surface area contributed by atoms with Gasteiger partial charge in [-0.25, -0.2) is 0 Å².